The van der Waals surface area contributed by atoms with Gasteiger partial charge in [-0.3, -0.25) is 0 Å². The zero-order valence-electron chi connectivity index (χ0n) is 15.8. The molecule has 3 rings (SSSR count). The van der Waals surface area contributed by atoms with Gasteiger partial charge in [-0.05, 0) is 22.8 Å². The van der Waals surface area contributed by atoms with Gasteiger partial charge in [0.2, 0.25) is 5.88 Å². The van der Waals surface area contributed by atoms with Gasteiger partial charge >= 0.3 is 12.2 Å². The third-order valence-electron chi connectivity index (χ3n) is 3.89. The van der Waals surface area contributed by atoms with Gasteiger partial charge in [0.05, 0.1) is 6.54 Å². The van der Waals surface area contributed by atoms with Gasteiger partial charge in [0.1, 0.15) is 12.7 Å². The minimum atomic E-state index is -4.44. The largest absolute Gasteiger partial charge is 0.468 e. The number of carbonyl (C=O) groups excluding carboxylic acids is 1. The average molecular weight is 420 g/mol. The van der Waals surface area contributed by atoms with Crippen LogP contribution < -0.4 is 15.4 Å². The molecule has 2 N–H and O–H groups in total. The van der Waals surface area contributed by atoms with Crippen molar-refractivity contribution in [2.24, 2.45) is 0 Å². The van der Waals surface area contributed by atoms with Gasteiger partial charge < -0.3 is 15.4 Å². The summed E-state index contributed by atoms with van der Waals surface area (Å²) in [5.74, 6) is -0.156. The number of benzene rings is 1. The van der Waals surface area contributed by atoms with E-state index in [0.717, 1.165) is 11.1 Å². The second-order valence-corrected chi connectivity index (χ2v) is 6.36. The van der Waals surface area contributed by atoms with Crippen molar-refractivity contribution in [2.45, 2.75) is 25.8 Å². The van der Waals surface area contributed by atoms with Crippen molar-refractivity contribution in [3.05, 3.63) is 71.9 Å². The lowest BCUT2D eigenvalue weighted by Crippen LogP contribution is -2.34. The Hall–Kier alpha value is -3.63. The summed E-state index contributed by atoms with van der Waals surface area (Å²) >= 11 is 0. The van der Waals surface area contributed by atoms with Gasteiger partial charge in [0.15, 0.2) is 6.61 Å². The fourth-order valence-corrected chi connectivity index (χ4v) is 2.56. The molecule has 2 aromatic heterocycles. The number of ether oxygens (including phenoxy) is 1. The number of pyridine rings is 1. The second kappa shape index (κ2) is 9.72. The molecular formula is C19H19F3N6O2. The fraction of sp³-hybridized carbons (Fsp3) is 0.263. The van der Waals surface area contributed by atoms with Gasteiger partial charge in [0, 0.05) is 25.4 Å². The van der Waals surface area contributed by atoms with Crippen LogP contribution in [0.4, 0.5) is 18.0 Å². The molecule has 1 aromatic carbocycles. The third-order valence-corrected chi connectivity index (χ3v) is 3.89. The summed E-state index contributed by atoms with van der Waals surface area (Å²) in [5, 5.41) is 9.43. The third kappa shape index (κ3) is 7.08. The Bertz CT molecular complexity index is 963. The molecule has 0 bridgehead atoms. The van der Waals surface area contributed by atoms with Crippen molar-refractivity contribution in [3.63, 3.8) is 0 Å². The smallest absolute Gasteiger partial charge is 0.422 e. The highest BCUT2D eigenvalue weighted by molar-refractivity contribution is 5.73. The summed E-state index contributed by atoms with van der Waals surface area (Å²) in [6.45, 7) is -0.426. The number of nitrogens with zero attached hydrogens (tertiary/aromatic N) is 4. The number of carbonyl (C=O) groups is 1. The topological polar surface area (TPSA) is 94.0 Å². The van der Waals surface area contributed by atoms with E-state index >= 15 is 0 Å². The number of hydrogen-bond donors (Lipinski definition) is 2. The number of rotatable bonds is 8. The molecule has 2 heterocycles. The lowest BCUT2D eigenvalue weighted by molar-refractivity contribution is -0.154. The van der Waals surface area contributed by atoms with Crippen LogP contribution in [0.5, 0.6) is 5.88 Å². The maximum absolute atomic E-state index is 12.2. The molecule has 2 amide bonds. The van der Waals surface area contributed by atoms with Crippen LogP contribution in [-0.4, -0.2) is 38.6 Å². The molecule has 30 heavy (non-hydrogen) atoms. The van der Waals surface area contributed by atoms with Crippen LogP contribution in [0.1, 0.15) is 16.7 Å². The lowest BCUT2D eigenvalue weighted by atomic mass is 10.1. The van der Waals surface area contributed by atoms with Crippen LogP contribution in [0.2, 0.25) is 0 Å². The van der Waals surface area contributed by atoms with Crippen LogP contribution in [0.3, 0.4) is 0 Å². The minimum Gasteiger partial charge on any atom is -0.468 e. The lowest BCUT2D eigenvalue weighted by Gasteiger charge is -2.11. The number of nitrogens with one attached hydrogen (secondary N) is 2. The van der Waals surface area contributed by atoms with Gasteiger partial charge in [-0.1, -0.05) is 24.3 Å². The van der Waals surface area contributed by atoms with Crippen molar-refractivity contribution in [3.8, 4) is 5.88 Å². The first-order valence-corrected chi connectivity index (χ1v) is 8.94. The summed E-state index contributed by atoms with van der Waals surface area (Å²) in [6, 6.07) is 10.2. The van der Waals surface area contributed by atoms with Crippen molar-refractivity contribution in [2.75, 3.05) is 6.61 Å². The molecule has 11 heteroatoms. The molecule has 8 nitrogen and oxygen atoms in total. The Morgan fingerprint density at radius 3 is 2.50 bits per heavy atom. The molecule has 0 radical (unpaired) electrons. The Morgan fingerprint density at radius 2 is 1.80 bits per heavy atom. The van der Waals surface area contributed by atoms with E-state index in [1.165, 1.54) is 18.6 Å². The van der Waals surface area contributed by atoms with E-state index in [-0.39, 0.29) is 12.4 Å². The second-order valence-electron chi connectivity index (χ2n) is 6.36. The molecular weight excluding hydrogens is 401 g/mol. The number of alkyl halides is 3. The van der Waals surface area contributed by atoms with Crippen LogP contribution in [0, 0.1) is 0 Å². The molecule has 158 valence electrons. The van der Waals surface area contributed by atoms with Crippen molar-refractivity contribution in [1.29, 1.82) is 0 Å². The highest BCUT2D eigenvalue weighted by atomic mass is 19.4. The molecule has 0 unspecified atom stereocenters. The van der Waals surface area contributed by atoms with Crippen molar-refractivity contribution >= 4 is 6.03 Å². The summed E-state index contributed by atoms with van der Waals surface area (Å²) in [7, 11) is 0. The van der Waals surface area contributed by atoms with E-state index < -0.39 is 18.8 Å². The van der Waals surface area contributed by atoms with Crippen LogP contribution in [0.15, 0.2) is 55.2 Å². The predicted molar refractivity (Wildman–Crippen MR) is 100 cm³/mol. The van der Waals surface area contributed by atoms with Gasteiger partial charge in [-0.2, -0.15) is 18.3 Å². The molecule has 0 fully saturated rings. The Morgan fingerprint density at radius 1 is 1.07 bits per heavy atom. The molecule has 0 spiro atoms. The maximum Gasteiger partial charge on any atom is 0.422 e. The highest BCUT2D eigenvalue weighted by Gasteiger charge is 2.28. The molecule has 0 aliphatic heterocycles. The number of aromatic nitrogens is 4. The Labute approximate surface area is 170 Å². The van der Waals surface area contributed by atoms with E-state index in [2.05, 4.69) is 30.4 Å². The Balaban J connectivity index is 1.45. The fourth-order valence-electron chi connectivity index (χ4n) is 2.56. The number of urea groups is 1. The zero-order valence-corrected chi connectivity index (χ0v) is 15.8. The van der Waals surface area contributed by atoms with E-state index in [4.69, 9.17) is 0 Å². The van der Waals surface area contributed by atoms with E-state index in [1.807, 2.05) is 24.3 Å². The zero-order chi connectivity index (χ0) is 21.4. The quantitative estimate of drug-likeness (QED) is 0.584. The monoisotopic (exact) mass is 420 g/mol. The number of hydrogen-bond acceptors (Lipinski definition) is 5. The van der Waals surface area contributed by atoms with E-state index in [0.29, 0.717) is 18.7 Å². The SMILES string of the molecule is O=C(NCc1cccc(Cn2cncn2)c1)NCc1ccnc(OCC(F)(F)F)c1. The number of halogens is 3. The normalized spacial score (nSPS) is 11.2. The number of amides is 2. The van der Waals surface area contributed by atoms with E-state index in [1.54, 1.807) is 17.1 Å². The highest BCUT2D eigenvalue weighted by Crippen LogP contribution is 2.17. The van der Waals surface area contributed by atoms with Crippen LogP contribution in [-0.2, 0) is 19.6 Å². The van der Waals surface area contributed by atoms with Crippen molar-refractivity contribution in [1.82, 2.24) is 30.4 Å². The molecule has 0 aliphatic rings. The van der Waals surface area contributed by atoms with Gasteiger partial charge in [-0.15, -0.1) is 0 Å². The standard InChI is InChI=1S/C19H19F3N6O2/c20-19(21,22)11-30-17-7-15(4-5-24-17)9-26-18(29)25-8-14-2-1-3-16(6-14)10-28-13-23-12-27-28/h1-7,12-13H,8-11H2,(H2,25,26,29). The van der Waals surface area contributed by atoms with E-state index in [9.17, 15) is 18.0 Å². The predicted octanol–water partition coefficient (Wildman–Crippen LogP) is 2.66. The first kappa shape index (κ1) is 21.1. The summed E-state index contributed by atoms with van der Waals surface area (Å²) in [4.78, 5) is 19.6. The van der Waals surface area contributed by atoms with Crippen molar-refractivity contribution < 1.29 is 22.7 Å². The summed E-state index contributed by atoms with van der Waals surface area (Å²) < 4.78 is 42.9. The molecule has 3 aromatic rings. The molecule has 0 aliphatic carbocycles. The van der Waals surface area contributed by atoms with Gasteiger partial charge in [-0.25, -0.2) is 19.4 Å². The van der Waals surface area contributed by atoms with Gasteiger partial charge in [0.25, 0.3) is 0 Å². The molecule has 0 saturated carbocycles. The van der Waals surface area contributed by atoms with Crippen LogP contribution in [0.25, 0.3) is 0 Å². The summed E-state index contributed by atoms with van der Waals surface area (Å²) in [5.41, 5.74) is 2.49. The first-order chi connectivity index (χ1) is 14.4. The first-order valence-electron chi connectivity index (χ1n) is 8.94. The molecule has 0 saturated heterocycles. The Kier molecular flexibility index (Phi) is 6.83. The van der Waals surface area contributed by atoms with Crippen LogP contribution >= 0.6 is 0 Å². The maximum atomic E-state index is 12.2. The molecule has 0 atom stereocenters. The minimum absolute atomic E-state index is 0.114. The average Bonchev–Trinajstić information content (AvgIpc) is 3.22. The summed E-state index contributed by atoms with van der Waals surface area (Å²) in [6.07, 6.45) is -0.0371.